The maximum absolute atomic E-state index is 12.3. The molecule has 11 heteroatoms. The molecule has 2 aromatic carbocycles. The van der Waals surface area contributed by atoms with E-state index in [2.05, 4.69) is 44.6 Å². The van der Waals surface area contributed by atoms with Crippen LogP contribution < -0.4 is 31.5 Å². The zero-order valence-corrected chi connectivity index (χ0v) is 22.9. The van der Waals surface area contributed by atoms with Crippen LogP contribution in [0.15, 0.2) is 61.1 Å². The molecule has 0 radical (unpaired) electrons. The lowest BCUT2D eigenvalue weighted by molar-refractivity contribution is -0.111. The van der Waals surface area contributed by atoms with E-state index in [4.69, 9.17) is 16.0 Å². The van der Waals surface area contributed by atoms with Gasteiger partial charge in [-0.15, -0.1) is 0 Å². The summed E-state index contributed by atoms with van der Waals surface area (Å²) in [6.45, 7) is 5.59. The Morgan fingerprint density at radius 1 is 1.26 bits per heavy atom. The van der Waals surface area contributed by atoms with Gasteiger partial charge in [-0.3, -0.25) is 9.48 Å². The summed E-state index contributed by atoms with van der Waals surface area (Å²) in [5, 5.41) is 20.1. The Kier molecular flexibility index (Phi) is 8.52. The summed E-state index contributed by atoms with van der Waals surface area (Å²) in [5.41, 5.74) is 6.51. The molecule has 0 saturated carbocycles. The van der Waals surface area contributed by atoms with Crippen LogP contribution in [0.2, 0.25) is 0 Å². The molecule has 0 bridgehead atoms. The number of fused-ring (bicyclic) bond motifs is 1. The third-order valence-corrected chi connectivity index (χ3v) is 7.06. The maximum atomic E-state index is 12.3. The Bertz CT molecular complexity index is 1410. The molecule has 11 nitrogen and oxygen atoms in total. The molecule has 0 spiro atoms. The Morgan fingerprint density at radius 3 is 2.74 bits per heavy atom. The van der Waals surface area contributed by atoms with Crippen LogP contribution in [0.3, 0.4) is 0 Å². The van der Waals surface area contributed by atoms with E-state index in [9.17, 15) is 4.79 Å². The minimum Gasteiger partial charge on any atom is -0.494 e. The van der Waals surface area contributed by atoms with Crippen LogP contribution in [0.25, 0.3) is 10.9 Å². The van der Waals surface area contributed by atoms with Gasteiger partial charge in [0.15, 0.2) is 0 Å². The van der Waals surface area contributed by atoms with Crippen molar-refractivity contribution < 1.29 is 9.53 Å². The molecular formula is C28H37N9O2. The van der Waals surface area contributed by atoms with Crippen LogP contribution in [0.1, 0.15) is 18.4 Å². The van der Waals surface area contributed by atoms with Crippen LogP contribution in [-0.2, 0) is 11.8 Å². The average Bonchev–Trinajstić information content (AvgIpc) is 3.32. The number of hydrogen-bond acceptors (Lipinski definition) is 9. The summed E-state index contributed by atoms with van der Waals surface area (Å²) in [4.78, 5) is 16.8. The predicted molar refractivity (Wildman–Crippen MR) is 157 cm³/mol. The fourth-order valence-corrected chi connectivity index (χ4v) is 4.86. The van der Waals surface area contributed by atoms with Gasteiger partial charge in [0.25, 0.3) is 0 Å². The maximum Gasteiger partial charge on any atom is 0.247 e. The van der Waals surface area contributed by atoms with Gasteiger partial charge in [-0.1, -0.05) is 18.7 Å². The van der Waals surface area contributed by atoms with Gasteiger partial charge in [-0.25, -0.2) is 5.84 Å². The largest absolute Gasteiger partial charge is 0.494 e. The molecule has 1 amide bonds. The van der Waals surface area contributed by atoms with Crippen molar-refractivity contribution in [3.8, 4) is 5.75 Å². The first-order valence-electron chi connectivity index (χ1n) is 12.8. The second kappa shape index (κ2) is 12.0. The summed E-state index contributed by atoms with van der Waals surface area (Å²) in [6, 6.07) is 9.69. The number of likely N-dealkylation sites (tertiary alicyclic amines) is 1. The monoisotopic (exact) mass is 531 g/mol. The summed E-state index contributed by atoms with van der Waals surface area (Å²) in [6.07, 6.45) is 6.77. The number of carbonyl (C=O) groups excluding carboxylic acids is 1. The second-order valence-corrected chi connectivity index (χ2v) is 9.72. The van der Waals surface area contributed by atoms with Crippen molar-refractivity contribution in [1.82, 2.24) is 20.1 Å². The Morgan fingerprint density at radius 2 is 2.05 bits per heavy atom. The van der Waals surface area contributed by atoms with Gasteiger partial charge in [-0.05, 0) is 44.6 Å². The lowest BCUT2D eigenvalue weighted by Gasteiger charge is -2.38. The molecule has 0 aliphatic carbocycles. The molecular weight excluding hydrogens is 494 g/mol. The van der Waals surface area contributed by atoms with E-state index in [1.54, 1.807) is 30.1 Å². The standard InChI is InChI=1S/C28H37N9O2/c1-6-28(38)33-22-14-23(26(39-5)15-25(22)36(3)20-8-7-11-35(2)17-20)32-27(34-30)13-21(29)18-9-10-19-16-31-37(4)24(19)12-18/h6,9-10,12-16,20,29,32,34H,1,7-8,11,17,30H2,2-5H3,(H,33,38)/b27-13-,29-21?. The highest BCUT2D eigenvalue weighted by atomic mass is 16.5. The van der Waals surface area contributed by atoms with E-state index < -0.39 is 0 Å². The van der Waals surface area contributed by atoms with Crippen molar-refractivity contribution in [1.29, 1.82) is 5.41 Å². The van der Waals surface area contributed by atoms with Gasteiger partial charge >= 0.3 is 0 Å². The quantitative estimate of drug-likeness (QED) is 0.117. The van der Waals surface area contributed by atoms with Gasteiger partial charge in [-0.2, -0.15) is 5.10 Å². The molecule has 6 N–H and O–H groups in total. The number of nitrogens with zero attached hydrogens (tertiary/aromatic N) is 4. The molecule has 1 aliphatic rings. The first-order chi connectivity index (χ1) is 18.7. The van der Waals surface area contributed by atoms with Gasteiger partial charge in [0, 0.05) is 49.8 Å². The number of hydrazine groups is 1. The third kappa shape index (κ3) is 6.21. The summed E-state index contributed by atoms with van der Waals surface area (Å²) < 4.78 is 7.49. The van der Waals surface area contributed by atoms with Crippen molar-refractivity contribution >= 4 is 39.6 Å². The highest BCUT2D eigenvalue weighted by Crippen LogP contribution is 2.38. The fraction of sp³-hybridized carbons (Fsp3) is 0.321. The number of rotatable bonds is 10. The minimum absolute atomic E-state index is 0.246. The van der Waals surface area contributed by atoms with Crippen molar-refractivity contribution in [2.24, 2.45) is 12.9 Å². The molecule has 1 saturated heterocycles. The highest BCUT2D eigenvalue weighted by Gasteiger charge is 2.25. The van der Waals surface area contributed by atoms with E-state index in [1.807, 2.05) is 38.4 Å². The van der Waals surface area contributed by atoms with E-state index in [1.165, 1.54) is 6.08 Å². The van der Waals surface area contributed by atoms with Gasteiger partial charge in [0.05, 0.1) is 41.6 Å². The Hall–Kier alpha value is -4.35. The number of aryl methyl sites for hydroxylation is 1. The van der Waals surface area contributed by atoms with Crippen molar-refractivity contribution in [2.75, 3.05) is 49.8 Å². The number of carbonyl (C=O) groups is 1. The molecule has 1 atom stereocenters. The molecule has 1 aromatic heterocycles. The van der Waals surface area contributed by atoms with Gasteiger partial charge in [0.1, 0.15) is 11.6 Å². The van der Waals surface area contributed by atoms with Crippen molar-refractivity contribution in [3.63, 3.8) is 0 Å². The molecule has 206 valence electrons. The van der Waals surface area contributed by atoms with E-state index in [-0.39, 0.29) is 17.7 Å². The molecule has 3 aromatic rings. The zero-order chi connectivity index (χ0) is 28.1. The summed E-state index contributed by atoms with van der Waals surface area (Å²) in [5.74, 6) is 6.45. The SMILES string of the molecule is C=CC(=O)Nc1cc(N/C(=C/C(=N)c2ccc3cnn(C)c3c2)NN)c(OC)cc1N(C)C1CCCN(C)C1. The summed E-state index contributed by atoms with van der Waals surface area (Å²) in [7, 11) is 7.60. The first kappa shape index (κ1) is 27.7. The second-order valence-electron chi connectivity index (χ2n) is 9.72. The third-order valence-electron chi connectivity index (χ3n) is 7.06. The number of nitrogens with two attached hydrogens (primary N) is 1. The molecule has 1 aliphatic heterocycles. The Balaban J connectivity index is 1.66. The lowest BCUT2D eigenvalue weighted by Crippen LogP contribution is -2.45. The zero-order valence-electron chi connectivity index (χ0n) is 22.9. The number of hydrogen-bond donors (Lipinski definition) is 5. The lowest BCUT2D eigenvalue weighted by atomic mass is 10.0. The van der Waals surface area contributed by atoms with Crippen molar-refractivity contribution in [2.45, 2.75) is 18.9 Å². The number of aromatic nitrogens is 2. The topological polar surface area (TPSA) is 137 Å². The van der Waals surface area contributed by atoms with Gasteiger partial charge < -0.3 is 36.0 Å². The number of anilines is 3. The number of allylic oxidation sites excluding steroid dienone is 1. The smallest absolute Gasteiger partial charge is 0.247 e. The van der Waals surface area contributed by atoms with E-state index in [0.29, 0.717) is 28.5 Å². The molecule has 39 heavy (non-hydrogen) atoms. The summed E-state index contributed by atoms with van der Waals surface area (Å²) >= 11 is 0. The molecule has 2 heterocycles. The number of piperidine rings is 1. The van der Waals surface area contributed by atoms with Crippen LogP contribution in [-0.4, -0.2) is 66.6 Å². The van der Waals surface area contributed by atoms with Crippen LogP contribution in [0, 0.1) is 5.41 Å². The number of amides is 1. The number of likely N-dealkylation sites (N-methyl/N-ethyl adjacent to an activating group) is 2. The fourth-order valence-electron chi connectivity index (χ4n) is 4.86. The first-order valence-corrected chi connectivity index (χ1v) is 12.8. The number of methoxy groups -OCH3 is 1. The van der Waals surface area contributed by atoms with E-state index in [0.717, 1.165) is 42.5 Å². The number of nitrogens with one attached hydrogen (secondary N) is 4. The normalized spacial score (nSPS) is 16.0. The van der Waals surface area contributed by atoms with E-state index >= 15 is 0 Å². The van der Waals surface area contributed by atoms with Crippen LogP contribution >= 0.6 is 0 Å². The van der Waals surface area contributed by atoms with Crippen LogP contribution in [0.4, 0.5) is 17.1 Å². The van der Waals surface area contributed by atoms with Crippen LogP contribution in [0.5, 0.6) is 5.75 Å². The molecule has 1 fully saturated rings. The van der Waals surface area contributed by atoms with Gasteiger partial charge in [0.2, 0.25) is 5.91 Å². The number of ether oxygens (including phenoxy) is 1. The van der Waals surface area contributed by atoms with Crippen molar-refractivity contribution in [3.05, 3.63) is 66.6 Å². The molecule has 4 rings (SSSR count). The minimum atomic E-state index is -0.318. The Labute approximate surface area is 228 Å². The highest BCUT2D eigenvalue weighted by molar-refractivity contribution is 6.08. The predicted octanol–water partition coefficient (Wildman–Crippen LogP) is 3.02. The average molecular weight is 532 g/mol. The molecule has 1 unspecified atom stereocenters. The number of benzene rings is 2.